The molecule has 1 saturated heterocycles. The molecular formula is C30H31N3O7. The van der Waals surface area contributed by atoms with Crippen LogP contribution in [0, 0.1) is 29.9 Å². The second-order valence-corrected chi connectivity index (χ2v) is 10.1. The Hall–Kier alpha value is -4.73. The summed E-state index contributed by atoms with van der Waals surface area (Å²) in [6.45, 7) is 7.35. The first kappa shape index (κ1) is 28.3. The number of benzene rings is 3. The van der Waals surface area contributed by atoms with Crippen LogP contribution in [-0.2, 0) is 19.1 Å². The molecule has 1 N–H and O–H groups in total. The van der Waals surface area contributed by atoms with E-state index in [1.807, 2.05) is 13.0 Å². The third-order valence-corrected chi connectivity index (χ3v) is 6.66. The van der Waals surface area contributed by atoms with Gasteiger partial charge in [-0.25, -0.2) is 0 Å². The highest BCUT2D eigenvalue weighted by atomic mass is 16.6. The van der Waals surface area contributed by atoms with Crippen LogP contribution < -0.4 is 15.0 Å². The minimum Gasteiger partial charge on any atom is -0.457 e. The summed E-state index contributed by atoms with van der Waals surface area (Å²) in [7, 11) is 0. The van der Waals surface area contributed by atoms with Crippen LogP contribution in [-0.4, -0.2) is 35.9 Å². The maximum atomic E-state index is 12.7. The van der Waals surface area contributed by atoms with Gasteiger partial charge in [0.2, 0.25) is 5.91 Å². The van der Waals surface area contributed by atoms with E-state index in [4.69, 9.17) is 9.47 Å². The van der Waals surface area contributed by atoms with Crippen LogP contribution in [0.1, 0.15) is 42.9 Å². The van der Waals surface area contributed by atoms with Crippen LogP contribution in [0.5, 0.6) is 11.5 Å². The lowest BCUT2D eigenvalue weighted by Gasteiger charge is -2.18. The lowest BCUT2D eigenvalue weighted by molar-refractivity contribution is -0.385. The highest BCUT2D eigenvalue weighted by Crippen LogP contribution is 2.33. The number of hydrogen-bond acceptors (Lipinski definition) is 7. The van der Waals surface area contributed by atoms with Crippen molar-refractivity contribution in [3.05, 3.63) is 87.5 Å². The van der Waals surface area contributed by atoms with Gasteiger partial charge in [0.05, 0.1) is 10.8 Å². The average Bonchev–Trinajstić information content (AvgIpc) is 3.30. The molecule has 1 aliphatic rings. The van der Waals surface area contributed by atoms with Gasteiger partial charge in [-0.2, -0.15) is 0 Å². The summed E-state index contributed by atoms with van der Waals surface area (Å²) < 4.78 is 11.3. The Labute approximate surface area is 232 Å². The zero-order valence-electron chi connectivity index (χ0n) is 22.8. The first-order valence-corrected chi connectivity index (χ1v) is 12.9. The third kappa shape index (κ3) is 6.63. The van der Waals surface area contributed by atoms with Crippen molar-refractivity contribution in [1.29, 1.82) is 0 Å². The maximum absolute atomic E-state index is 12.7. The fourth-order valence-electron chi connectivity index (χ4n) is 4.48. The Morgan fingerprint density at radius 3 is 2.48 bits per heavy atom. The quantitative estimate of drug-likeness (QED) is 0.209. The predicted molar refractivity (Wildman–Crippen MR) is 150 cm³/mol. The lowest BCUT2D eigenvalue weighted by atomic mass is 10.0. The molecule has 40 heavy (non-hydrogen) atoms. The molecule has 3 aromatic carbocycles. The summed E-state index contributed by atoms with van der Waals surface area (Å²) in [4.78, 5) is 49.6. The molecule has 0 spiro atoms. The molecule has 10 heteroatoms. The standard InChI is InChI=1S/C30H31N3O7/c1-18(2)25-12-5-19(3)13-27(25)40-24-10-8-23(9-11-24)32-16-21(14-29(32)35)30(36)39-17-28(34)31-22-7-6-20(4)26(15-22)33(37)38/h5-13,15,18,21H,14,16-17H2,1-4H3,(H,31,34)/t21-/m0/s1. The number of nitro benzene ring substituents is 1. The topological polar surface area (TPSA) is 128 Å². The number of nitro groups is 1. The van der Waals surface area contributed by atoms with Crippen molar-refractivity contribution in [2.24, 2.45) is 5.92 Å². The Morgan fingerprint density at radius 2 is 1.80 bits per heavy atom. The third-order valence-electron chi connectivity index (χ3n) is 6.66. The Kier molecular flexibility index (Phi) is 8.47. The molecule has 1 atom stereocenters. The number of hydrogen-bond donors (Lipinski definition) is 1. The molecular weight excluding hydrogens is 514 g/mol. The van der Waals surface area contributed by atoms with Gasteiger partial charge in [-0.15, -0.1) is 0 Å². The first-order valence-electron chi connectivity index (χ1n) is 12.9. The molecule has 4 rings (SSSR count). The molecule has 0 aromatic heterocycles. The summed E-state index contributed by atoms with van der Waals surface area (Å²) in [5, 5.41) is 13.6. The fourth-order valence-corrected chi connectivity index (χ4v) is 4.48. The molecule has 1 fully saturated rings. The van der Waals surface area contributed by atoms with Crippen molar-refractivity contribution in [2.45, 2.75) is 40.0 Å². The Morgan fingerprint density at radius 1 is 1.07 bits per heavy atom. The monoisotopic (exact) mass is 545 g/mol. The first-order chi connectivity index (χ1) is 19.0. The highest BCUT2D eigenvalue weighted by Gasteiger charge is 2.36. The van der Waals surface area contributed by atoms with E-state index in [0.29, 0.717) is 22.9 Å². The Balaban J connectivity index is 1.32. The number of carbonyl (C=O) groups excluding carboxylic acids is 3. The van der Waals surface area contributed by atoms with Crippen LogP contribution in [0.3, 0.4) is 0 Å². The minimum absolute atomic E-state index is 0.0378. The molecule has 0 unspecified atom stereocenters. The zero-order chi connectivity index (χ0) is 29.0. The molecule has 2 amide bonds. The number of ether oxygens (including phenoxy) is 2. The number of nitrogens with zero attached hydrogens (tertiary/aromatic N) is 2. The SMILES string of the molecule is Cc1ccc(C(C)C)c(Oc2ccc(N3C[C@@H](C(=O)OCC(=O)Nc4ccc(C)c([N+](=O)[O-])c4)CC3=O)cc2)c1. The van der Waals surface area contributed by atoms with Gasteiger partial charge in [0.15, 0.2) is 6.61 Å². The van der Waals surface area contributed by atoms with E-state index in [2.05, 4.69) is 31.3 Å². The van der Waals surface area contributed by atoms with Gasteiger partial charge in [0, 0.05) is 36.0 Å². The molecule has 0 radical (unpaired) electrons. The zero-order valence-corrected chi connectivity index (χ0v) is 22.8. The maximum Gasteiger partial charge on any atom is 0.311 e. The highest BCUT2D eigenvalue weighted by molar-refractivity contribution is 6.00. The van der Waals surface area contributed by atoms with E-state index >= 15 is 0 Å². The van der Waals surface area contributed by atoms with E-state index < -0.39 is 29.3 Å². The van der Waals surface area contributed by atoms with Gasteiger partial charge in [-0.05, 0) is 67.3 Å². The fraction of sp³-hybridized carbons (Fsp3) is 0.300. The summed E-state index contributed by atoms with van der Waals surface area (Å²) in [6, 6.07) is 17.5. The van der Waals surface area contributed by atoms with Gasteiger partial charge >= 0.3 is 5.97 Å². The molecule has 1 heterocycles. The van der Waals surface area contributed by atoms with Crippen molar-refractivity contribution in [1.82, 2.24) is 0 Å². The van der Waals surface area contributed by atoms with Crippen LogP contribution in [0.2, 0.25) is 0 Å². The molecule has 0 aliphatic carbocycles. The number of amides is 2. The lowest BCUT2D eigenvalue weighted by Crippen LogP contribution is -2.28. The normalized spacial score (nSPS) is 14.8. The molecule has 208 valence electrons. The summed E-state index contributed by atoms with van der Waals surface area (Å²) in [5.74, 6) is -0.551. The van der Waals surface area contributed by atoms with Crippen molar-refractivity contribution in [2.75, 3.05) is 23.4 Å². The van der Waals surface area contributed by atoms with Gasteiger partial charge in [0.25, 0.3) is 11.6 Å². The van der Waals surface area contributed by atoms with Crippen LogP contribution in [0.25, 0.3) is 0 Å². The summed E-state index contributed by atoms with van der Waals surface area (Å²) >= 11 is 0. The number of carbonyl (C=O) groups is 3. The summed E-state index contributed by atoms with van der Waals surface area (Å²) in [5.41, 5.74) is 3.36. The molecule has 3 aromatic rings. The van der Waals surface area contributed by atoms with Crippen molar-refractivity contribution in [3.63, 3.8) is 0 Å². The van der Waals surface area contributed by atoms with Gasteiger partial charge < -0.3 is 19.7 Å². The smallest absolute Gasteiger partial charge is 0.311 e. The average molecular weight is 546 g/mol. The van der Waals surface area contributed by atoms with Crippen LogP contribution in [0.4, 0.5) is 17.1 Å². The Bertz CT molecular complexity index is 1450. The second-order valence-electron chi connectivity index (χ2n) is 10.1. The number of esters is 1. The van der Waals surface area contributed by atoms with Gasteiger partial charge in [-0.3, -0.25) is 24.5 Å². The number of nitrogens with one attached hydrogen (secondary N) is 1. The van der Waals surface area contributed by atoms with Gasteiger partial charge in [-0.1, -0.05) is 32.0 Å². The molecule has 1 aliphatic heterocycles. The van der Waals surface area contributed by atoms with Crippen LogP contribution >= 0.6 is 0 Å². The molecule has 0 saturated carbocycles. The summed E-state index contributed by atoms with van der Waals surface area (Å²) in [6.07, 6.45) is -0.0378. The van der Waals surface area contributed by atoms with Crippen molar-refractivity contribution >= 4 is 34.8 Å². The largest absolute Gasteiger partial charge is 0.457 e. The minimum atomic E-state index is -0.724. The van der Waals surface area contributed by atoms with Crippen molar-refractivity contribution in [3.8, 4) is 11.5 Å². The van der Waals surface area contributed by atoms with Crippen LogP contribution in [0.15, 0.2) is 60.7 Å². The second kappa shape index (κ2) is 12.0. The van der Waals surface area contributed by atoms with E-state index in [0.717, 1.165) is 16.9 Å². The molecule has 10 nitrogen and oxygen atoms in total. The van der Waals surface area contributed by atoms with E-state index in [9.17, 15) is 24.5 Å². The number of aryl methyl sites for hydroxylation is 2. The number of rotatable bonds is 9. The van der Waals surface area contributed by atoms with E-state index in [1.54, 1.807) is 31.2 Å². The number of anilines is 2. The van der Waals surface area contributed by atoms with Gasteiger partial charge in [0.1, 0.15) is 11.5 Å². The van der Waals surface area contributed by atoms with E-state index in [-0.39, 0.29) is 30.2 Å². The van der Waals surface area contributed by atoms with E-state index in [1.165, 1.54) is 23.1 Å². The molecule has 0 bridgehead atoms. The van der Waals surface area contributed by atoms with Crippen molar-refractivity contribution < 1.29 is 28.8 Å². The predicted octanol–water partition coefficient (Wildman–Crippen LogP) is 5.66.